The van der Waals surface area contributed by atoms with Crippen LogP contribution in [-0.2, 0) is 5.41 Å². The maximum absolute atomic E-state index is 14.3. The van der Waals surface area contributed by atoms with Gasteiger partial charge in [-0.2, -0.15) is 5.10 Å². The second-order valence-electron chi connectivity index (χ2n) is 7.11. The summed E-state index contributed by atoms with van der Waals surface area (Å²) in [6.07, 6.45) is 0. The van der Waals surface area contributed by atoms with E-state index in [1.807, 2.05) is 20.8 Å². The summed E-state index contributed by atoms with van der Waals surface area (Å²) in [5, 5.41) is 10.5. The Kier molecular flexibility index (Phi) is 5.19. The molecule has 0 aliphatic heterocycles. The topological polar surface area (TPSA) is 59.0 Å². The quantitative estimate of drug-likeness (QED) is 0.615. The third-order valence-corrected chi connectivity index (χ3v) is 4.15. The summed E-state index contributed by atoms with van der Waals surface area (Å²) in [5.74, 6) is -0.0568. The van der Waals surface area contributed by atoms with Gasteiger partial charge in [-0.15, -0.1) is 0 Å². The highest BCUT2D eigenvalue weighted by atomic mass is 35.5. The van der Waals surface area contributed by atoms with Crippen LogP contribution in [0.2, 0.25) is 5.02 Å². The van der Waals surface area contributed by atoms with E-state index in [1.54, 1.807) is 48.5 Å². The van der Waals surface area contributed by atoms with Gasteiger partial charge in [0.1, 0.15) is 17.3 Å². The number of para-hydroxylation sites is 1. The summed E-state index contributed by atoms with van der Waals surface area (Å²) >= 11 is 5.85. The largest absolute Gasteiger partial charge is 0.324 e. The van der Waals surface area contributed by atoms with E-state index in [-0.39, 0.29) is 11.1 Å². The first-order valence-electron chi connectivity index (χ1n) is 8.43. The van der Waals surface area contributed by atoms with Crippen molar-refractivity contribution in [3.8, 4) is 5.69 Å². The number of halogens is 2. The summed E-state index contributed by atoms with van der Waals surface area (Å²) in [6.45, 7) is 6.00. The number of hydrogen-bond donors (Lipinski definition) is 2. The fraction of sp³-hybridized carbons (Fsp3) is 0.200. The SMILES string of the molecule is CC(C)(C)c1cc(NC(=O)Nc2ccc(Cl)cc2)n(-c2ccccc2F)n1. The average Bonchev–Trinajstić information content (AvgIpc) is 3.01. The van der Waals surface area contributed by atoms with E-state index in [9.17, 15) is 9.18 Å². The Hall–Kier alpha value is -2.86. The summed E-state index contributed by atoms with van der Waals surface area (Å²) in [4.78, 5) is 12.4. The molecule has 0 spiro atoms. The molecular formula is C20H20ClFN4O. The third kappa shape index (κ3) is 4.46. The zero-order valence-electron chi connectivity index (χ0n) is 15.3. The van der Waals surface area contributed by atoms with Crippen LogP contribution in [0, 0.1) is 5.82 Å². The van der Waals surface area contributed by atoms with E-state index in [2.05, 4.69) is 15.7 Å². The second kappa shape index (κ2) is 7.40. The Morgan fingerprint density at radius 3 is 2.37 bits per heavy atom. The molecule has 140 valence electrons. The lowest BCUT2D eigenvalue weighted by Crippen LogP contribution is -2.21. The minimum atomic E-state index is -0.463. The molecular weight excluding hydrogens is 367 g/mol. The molecule has 0 saturated heterocycles. The summed E-state index contributed by atoms with van der Waals surface area (Å²) in [7, 11) is 0. The first kappa shape index (κ1) is 18.9. The number of aromatic nitrogens is 2. The predicted octanol–water partition coefficient (Wildman–Crippen LogP) is 5.61. The number of carbonyl (C=O) groups is 1. The van der Waals surface area contributed by atoms with Gasteiger partial charge in [0.15, 0.2) is 0 Å². The van der Waals surface area contributed by atoms with Crippen molar-refractivity contribution in [1.82, 2.24) is 9.78 Å². The van der Waals surface area contributed by atoms with E-state index in [0.717, 1.165) is 5.69 Å². The van der Waals surface area contributed by atoms with Crippen LogP contribution < -0.4 is 10.6 Å². The Labute approximate surface area is 162 Å². The van der Waals surface area contributed by atoms with Gasteiger partial charge in [-0.3, -0.25) is 5.32 Å². The molecule has 0 saturated carbocycles. The zero-order valence-corrected chi connectivity index (χ0v) is 16.0. The van der Waals surface area contributed by atoms with Crippen LogP contribution >= 0.6 is 11.6 Å². The minimum absolute atomic E-state index is 0.259. The first-order valence-corrected chi connectivity index (χ1v) is 8.81. The Morgan fingerprint density at radius 2 is 1.74 bits per heavy atom. The van der Waals surface area contributed by atoms with E-state index in [4.69, 9.17) is 11.6 Å². The highest BCUT2D eigenvalue weighted by molar-refractivity contribution is 6.30. The maximum atomic E-state index is 14.3. The maximum Gasteiger partial charge on any atom is 0.324 e. The molecule has 3 rings (SSSR count). The fourth-order valence-electron chi connectivity index (χ4n) is 2.46. The van der Waals surface area contributed by atoms with E-state index < -0.39 is 11.8 Å². The van der Waals surface area contributed by atoms with Crippen molar-refractivity contribution < 1.29 is 9.18 Å². The van der Waals surface area contributed by atoms with Gasteiger partial charge in [0.2, 0.25) is 0 Å². The van der Waals surface area contributed by atoms with Gasteiger partial charge in [-0.05, 0) is 36.4 Å². The van der Waals surface area contributed by atoms with E-state index in [1.165, 1.54) is 10.7 Å². The van der Waals surface area contributed by atoms with Crippen molar-refractivity contribution in [1.29, 1.82) is 0 Å². The highest BCUT2D eigenvalue weighted by Gasteiger charge is 2.22. The number of amides is 2. The van der Waals surface area contributed by atoms with Crippen LogP contribution in [0.5, 0.6) is 0 Å². The van der Waals surface area contributed by atoms with Crippen molar-refractivity contribution in [2.75, 3.05) is 10.6 Å². The number of benzene rings is 2. The molecule has 0 aliphatic carbocycles. The van der Waals surface area contributed by atoms with Crippen LogP contribution in [0.1, 0.15) is 26.5 Å². The molecule has 1 heterocycles. The summed E-state index contributed by atoms with van der Waals surface area (Å²) in [6, 6.07) is 14.3. The van der Waals surface area contributed by atoms with Gasteiger partial charge >= 0.3 is 6.03 Å². The summed E-state index contributed by atoms with van der Waals surface area (Å²) in [5.41, 5.74) is 1.31. The van der Waals surface area contributed by atoms with E-state index in [0.29, 0.717) is 16.5 Å². The van der Waals surface area contributed by atoms with Crippen LogP contribution in [0.15, 0.2) is 54.6 Å². The Balaban J connectivity index is 1.91. The molecule has 3 aromatic rings. The fourth-order valence-corrected chi connectivity index (χ4v) is 2.58. The minimum Gasteiger partial charge on any atom is -0.308 e. The van der Waals surface area contributed by atoms with Crippen molar-refractivity contribution in [3.05, 3.63) is 71.1 Å². The molecule has 0 radical (unpaired) electrons. The second-order valence-corrected chi connectivity index (χ2v) is 7.55. The van der Waals surface area contributed by atoms with Crippen molar-refractivity contribution in [2.45, 2.75) is 26.2 Å². The standard InChI is InChI=1S/C20H20ClFN4O/c1-20(2,3)17-12-18(26(25-17)16-7-5-4-6-15(16)22)24-19(27)23-14-10-8-13(21)9-11-14/h4-12H,1-3H3,(H2,23,24,27). The summed E-state index contributed by atoms with van der Waals surface area (Å²) < 4.78 is 15.7. The smallest absolute Gasteiger partial charge is 0.308 e. The van der Waals surface area contributed by atoms with Crippen LogP contribution in [0.4, 0.5) is 20.7 Å². The van der Waals surface area contributed by atoms with Gasteiger partial charge in [0.25, 0.3) is 0 Å². The van der Waals surface area contributed by atoms with Gasteiger partial charge in [0.05, 0.1) is 5.69 Å². The molecule has 0 unspecified atom stereocenters. The van der Waals surface area contributed by atoms with Gasteiger partial charge < -0.3 is 5.32 Å². The number of nitrogens with zero attached hydrogens (tertiary/aromatic N) is 2. The molecule has 2 amide bonds. The lowest BCUT2D eigenvalue weighted by molar-refractivity contribution is 0.262. The molecule has 1 aromatic heterocycles. The molecule has 5 nitrogen and oxygen atoms in total. The number of carbonyl (C=O) groups excluding carboxylic acids is 1. The average molecular weight is 387 g/mol. The van der Waals surface area contributed by atoms with Crippen LogP contribution in [0.3, 0.4) is 0 Å². The number of urea groups is 1. The molecule has 0 aliphatic rings. The molecule has 27 heavy (non-hydrogen) atoms. The molecule has 0 fully saturated rings. The number of anilines is 2. The molecule has 2 N–H and O–H groups in total. The monoisotopic (exact) mass is 386 g/mol. The molecule has 7 heteroatoms. The number of hydrogen-bond acceptors (Lipinski definition) is 2. The van der Waals surface area contributed by atoms with Gasteiger partial charge in [0, 0.05) is 22.2 Å². The van der Waals surface area contributed by atoms with Crippen LogP contribution in [-0.4, -0.2) is 15.8 Å². The molecule has 0 atom stereocenters. The highest BCUT2D eigenvalue weighted by Crippen LogP contribution is 2.27. The molecule has 0 bridgehead atoms. The number of nitrogens with one attached hydrogen (secondary N) is 2. The molecule has 2 aromatic carbocycles. The van der Waals surface area contributed by atoms with E-state index >= 15 is 0 Å². The van der Waals surface area contributed by atoms with Gasteiger partial charge in [-0.1, -0.05) is 44.5 Å². The van der Waals surface area contributed by atoms with Crippen LogP contribution in [0.25, 0.3) is 5.69 Å². The third-order valence-electron chi connectivity index (χ3n) is 3.90. The normalized spacial score (nSPS) is 11.3. The van der Waals surface area contributed by atoms with Gasteiger partial charge in [-0.25, -0.2) is 13.9 Å². The predicted molar refractivity (Wildman–Crippen MR) is 106 cm³/mol. The Bertz CT molecular complexity index is 961. The Morgan fingerprint density at radius 1 is 1.07 bits per heavy atom. The first-order chi connectivity index (χ1) is 12.7. The number of rotatable bonds is 3. The van der Waals surface area contributed by atoms with Crippen molar-refractivity contribution >= 4 is 29.1 Å². The van der Waals surface area contributed by atoms with Crippen molar-refractivity contribution in [3.63, 3.8) is 0 Å². The van der Waals surface area contributed by atoms with Crippen molar-refractivity contribution in [2.24, 2.45) is 0 Å². The lowest BCUT2D eigenvalue weighted by atomic mass is 9.92. The zero-order chi connectivity index (χ0) is 19.6. The lowest BCUT2D eigenvalue weighted by Gasteiger charge is -2.14.